The van der Waals surface area contributed by atoms with Crippen molar-refractivity contribution in [3.63, 3.8) is 0 Å². The SMILES string of the molecule is CCCCCCC(O)c1ccoc1C. The number of aryl methyl sites for hydroxylation is 1. The molecule has 1 N–H and O–H groups in total. The average molecular weight is 196 g/mol. The first-order valence-electron chi connectivity index (χ1n) is 5.47. The Morgan fingerprint density at radius 3 is 2.71 bits per heavy atom. The zero-order chi connectivity index (χ0) is 10.4. The quantitative estimate of drug-likeness (QED) is 0.705. The van der Waals surface area contributed by atoms with Crippen LogP contribution in [0.2, 0.25) is 0 Å². The maximum absolute atomic E-state index is 9.83. The predicted octanol–water partition coefficient (Wildman–Crippen LogP) is 3.59. The molecule has 14 heavy (non-hydrogen) atoms. The second-order valence-electron chi connectivity index (χ2n) is 3.80. The van der Waals surface area contributed by atoms with Gasteiger partial charge < -0.3 is 9.52 Å². The Morgan fingerprint density at radius 2 is 2.14 bits per heavy atom. The van der Waals surface area contributed by atoms with E-state index in [4.69, 9.17) is 4.42 Å². The zero-order valence-corrected chi connectivity index (χ0v) is 9.12. The Kier molecular flexibility index (Phi) is 4.74. The van der Waals surface area contributed by atoms with Gasteiger partial charge in [-0.2, -0.15) is 0 Å². The normalized spacial score (nSPS) is 13.1. The molecule has 1 unspecified atom stereocenters. The Labute approximate surface area is 85.9 Å². The summed E-state index contributed by atoms with van der Waals surface area (Å²) in [6.07, 6.45) is 6.95. The highest BCUT2D eigenvalue weighted by atomic mass is 16.3. The van der Waals surface area contributed by atoms with Crippen molar-refractivity contribution in [2.45, 2.75) is 52.1 Å². The number of aliphatic hydroxyl groups is 1. The predicted molar refractivity (Wildman–Crippen MR) is 57.2 cm³/mol. The van der Waals surface area contributed by atoms with E-state index in [2.05, 4.69) is 6.92 Å². The first-order valence-corrected chi connectivity index (χ1v) is 5.47. The molecule has 0 fully saturated rings. The Morgan fingerprint density at radius 1 is 1.36 bits per heavy atom. The van der Waals surface area contributed by atoms with Crippen molar-refractivity contribution >= 4 is 0 Å². The molecule has 0 spiro atoms. The molecule has 1 aromatic rings. The van der Waals surface area contributed by atoms with Crippen LogP contribution < -0.4 is 0 Å². The summed E-state index contributed by atoms with van der Waals surface area (Å²) in [6, 6.07) is 1.86. The van der Waals surface area contributed by atoms with Gasteiger partial charge in [0.15, 0.2) is 0 Å². The van der Waals surface area contributed by atoms with Crippen LogP contribution >= 0.6 is 0 Å². The van der Waals surface area contributed by atoms with Crippen LogP contribution in [0.3, 0.4) is 0 Å². The summed E-state index contributed by atoms with van der Waals surface area (Å²) in [7, 11) is 0. The molecule has 0 amide bonds. The second kappa shape index (κ2) is 5.86. The third kappa shape index (κ3) is 3.18. The molecule has 1 heterocycles. The number of hydrogen-bond acceptors (Lipinski definition) is 2. The molecular weight excluding hydrogens is 176 g/mol. The fourth-order valence-electron chi connectivity index (χ4n) is 1.66. The van der Waals surface area contributed by atoms with Gasteiger partial charge in [0.2, 0.25) is 0 Å². The monoisotopic (exact) mass is 196 g/mol. The van der Waals surface area contributed by atoms with Crippen LogP contribution in [0, 0.1) is 6.92 Å². The first kappa shape index (κ1) is 11.3. The lowest BCUT2D eigenvalue weighted by Gasteiger charge is -2.08. The largest absolute Gasteiger partial charge is 0.469 e. The molecule has 0 aliphatic heterocycles. The third-order valence-electron chi connectivity index (χ3n) is 2.59. The number of furan rings is 1. The lowest BCUT2D eigenvalue weighted by molar-refractivity contribution is 0.161. The molecule has 0 radical (unpaired) electrons. The number of unbranched alkanes of at least 4 members (excludes halogenated alkanes) is 3. The molecular formula is C12H20O2. The van der Waals surface area contributed by atoms with Crippen LogP contribution in [-0.2, 0) is 0 Å². The molecule has 0 bridgehead atoms. The summed E-state index contributed by atoms with van der Waals surface area (Å²) < 4.78 is 5.15. The van der Waals surface area contributed by atoms with E-state index in [1.165, 1.54) is 19.3 Å². The van der Waals surface area contributed by atoms with Gasteiger partial charge in [0.05, 0.1) is 12.4 Å². The molecule has 0 saturated carbocycles. The summed E-state index contributed by atoms with van der Waals surface area (Å²) in [4.78, 5) is 0. The lowest BCUT2D eigenvalue weighted by atomic mass is 10.0. The molecule has 1 rings (SSSR count). The summed E-state index contributed by atoms with van der Waals surface area (Å²) in [5, 5.41) is 9.83. The highest BCUT2D eigenvalue weighted by molar-refractivity contribution is 5.18. The Hall–Kier alpha value is -0.760. The van der Waals surface area contributed by atoms with Crippen LogP contribution in [0.5, 0.6) is 0 Å². The minimum Gasteiger partial charge on any atom is -0.469 e. The summed E-state index contributed by atoms with van der Waals surface area (Å²) in [6.45, 7) is 4.08. The Bertz CT molecular complexity index is 253. The number of rotatable bonds is 6. The highest BCUT2D eigenvalue weighted by Crippen LogP contribution is 2.23. The molecule has 0 aliphatic rings. The fraction of sp³-hybridized carbons (Fsp3) is 0.667. The molecule has 0 aromatic carbocycles. The standard InChI is InChI=1S/C12H20O2/c1-3-4-5-6-7-12(13)11-8-9-14-10(11)2/h8-9,12-13H,3-7H2,1-2H3. The maximum atomic E-state index is 9.83. The smallest absolute Gasteiger partial charge is 0.106 e. The third-order valence-corrected chi connectivity index (χ3v) is 2.59. The highest BCUT2D eigenvalue weighted by Gasteiger charge is 2.11. The summed E-state index contributed by atoms with van der Waals surface area (Å²) >= 11 is 0. The maximum Gasteiger partial charge on any atom is 0.106 e. The molecule has 2 nitrogen and oxygen atoms in total. The van der Waals surface area contributed by atoms with Gasteiger partial charge in [0.25, 0.3) is 0 Å². The van der Waals surface area contributed by atoms with Gasteiger partial charge in [0, 0.05) is 5.56 Å². The van der Waals surface area contributed by atoms with Gasteiger partial charge >= 0.3 is 0 Å². The molecule has 80 valence electrons. The van der Waals surface area contributed by atoms with Gasteiger partial charge in [-0.3, -0.25) is 0 Å². The fourth-order valence-corrected chi connectivity index (χ4v) is 1.66. The van der Waals surface area contributed by atoms with Crippen molar-refractivity contribution in [3.05, 3.63) is 23.7 Å². The van der Waals surface area contributed by atoms with Crippen LogP contribution in [0.4, 0.5) is 0 Å². The molecule has 1 aromatic heterocycles. The Balaban J connectivity index is 2.28. The van der Waals surface area contributed by atoms with E-state index < -0.39 is 0 Å². The van der Waals surface area contributed by atoms with Crippen LogP contribution in [0.1, 0.15) is 56.5 Å². The molecule has 2 heteroatoms. The average Bonchev–Trinajstić information content (AvgIpc) is 2.59. The van der Waals surface area contributed by atoms with E-state index >= 15 is 0 Å². The number of hydrogen-bond donors (Lipinski definition) is 1. The molecule has 0 saturated heterocycles. The molecule has 0 aliphatic carbocycles. The zero-order valence-electron chi connectivity index (χ0n) is 9.12. The van der Waals surface area contributed by atoms with Gasteiger partial charge in [-0.1, -0.05) is 32.6 Å². The van der Waals surface area contributed by atoms with Crippen molar-refractivity contribution in [1.82, 2.24) is 0 Å². The summed E-state index contributed by atoms with van der Waals surface area (Å²) in [5.74, 6) is 0.841. The van der Waals surface area contributed by atoms with E-state index in [0.717, 1.165) is 24.2 Å². The minimum atomic E-state index is -0.342. The van der Waals surface area contributed by atoms with Crippen molar-refractivity contribution in [3.8, 4) is 0 Å². The van der Waals surface area contributed by atoms with Crippen molar-refractivity contribution < 1.29 is 9.52 Å². The van der Waals surface area contributed by atoms with Crippen molar-refractivity contribution in [1.29, 1.82) is 0 Å². The van der Waals surface area contributed by atoms with E-state index in [-0.39, 0.29) is 6.10 Å². The van der Waals surface area contributed by atoms with E-state index in [1.54, 1.807) is 6.26 Å². The van der Waals surface area contributed by atoms with E-state index in [1.807, 2.05) is 13.0 Å². The van der Waals surface area contributed by atoms with Gasteiger partial charge in [-0.25, -0.2) is 0 Å². The number of aliphatic hydroxyl groups excluding tert-OH is 1. The molecule has 1 atom stereocenters. The van der Waals surface area contributed by atoms with E-state index in [9.17, 15) is 5.11 Å². The van der Waals surface area contributed by atoms with Crippen LogP contribution in [0.15, 0.2) is 16.7 Å². The minimum absolute atomic E-state index is 0.342. The van der Waals surface area contributed by atoms with Gasteiger partial charge in [-0.15, -0.1) is 0 Å². The van der Waals surface area contributed by atoms with Gasteiger partial charge in [0.1, 0.15) is 5.76 Å². The second-order valence-corrected chi connectivity index (χ2v) is 3.80. The topological polar surface area (TPSA) is 33.4 Å². The van der Waals surface area contributed by atoms with Crippen molar-refractivity contribution in [2.24, 2.45) is 0 Å². The lowest BCUT2D eigenvalue weighted by Crippen LogP contribution is -1.97. The van der Waals surface area contributed by atoms with Crippen molar-refractivity contribution in [2.75, 3.05) is 0 Å². The first-order chi connectivity index (χ1) is 6.75. The summed E-state index contributed by atoms with van der Waals surface area (Å²) in [5.41, 5.74) is 0.946. The van der Waals surface area contributed by atoms with E-state index in [0.29, 0.717) is 0 Å². The van der Waals surface area contributed by atoms with Gasteiger partial charge in [-0.05, 0) is 19.4 Å². The van der Waals surface area contributed by atoms with Crippen LogP contribution in [-0.4, -0.2) is 5.11 Å². The van der Waals surface area contributed by atoms with Crippen LogP contribution in [0.25, 0.3) is 0 Å².